The second-order valence-corrected chi connectivity index (χ2v) is 5.90. The van der Waals surface area contributed by atoms with E-state index in [1.807, 2.05) is 7.05 Å². The van der Waals surface area contributed by atoms with E-state index >= 15 is 0 Å². The van der Waals surface area contributed by atoms with Gasteiger partial charge in [0.1, 0.15) is 10.0 Å². The first-order valence-corrected chi connectivity index (χ1v) is 7.61. The molecule has 3 aromatic rings. The van der Waals surface area contributed by atoms with Crippen molar-refractivity contribution < 1.29 is 0 Å². The van der Waals surface area contributed by atoms with E-state index in [9.17, 15) is 0 Å². The van der Waals surface area contributed by atoms with Gasteiger partial charge in [0.2, 0.25) is 0 Å². The summed E-state index contributed by atoms with van der Waals surface area (Å²) in [6.45, 7) is 0.947. The van der Waals surface area contributed by atoms with Gasteiger partial charge in [0.05, 0.1) is 0 Å². The first kappa shape index (κ1) is 13.2. The molecular formula is C16H17N3S. The van der Waals surface area contributed by atoms with Crippen LogP contribution in [0.3, 0.4) is 0 Å². The summed E-state index contributed by atoms with van der Waals surface area (Å²) in [7, 11) is 1.96. The largest absolute Gasteiger partial charge is 0.319 e. The molecule has 3 rings (SSSR count). The molecule has 0 aliphatic heterocycles. The smallest absolute Gasteiger partial charge is 0.121 e. The van der Waals surface area contributed by atoms with E-state index < -0.39 is 0 Å². The van der Waals surface area contributed by atoms with E-state index in [1.165, 1.54) is 16.3 Å². The maximum absolute atomic E-state index is 4.31. The van der Waals surface area contributed by atoms with Gasteiger partial charge >= 0.3 is 0 Å². The van der Waals surface area contributed by atoms with E-state index in [4.69, 9.17) is 0 Å². The van der Waals surface area contributed by atoms with Crippen molar-refractivity contribution in [2.45, 2.75) is 12.8 Å². The Labute approximate surface area is 122 Å². The predicted molar refractivity (Wildman–Crippen MR) is 84.3 cm³/mol. The van der Waals surface area contributed by atoms with E-state index in [-0.39, 0.29) is 0 Å². The van der Waals surface area contributed by atoms with E-state index in [0.717, 1.165) is 29.4 Å². The molecule has 0 amide bonds. The number of hydrogen-bond acceptors (Lipinski definition) is 4. The summed E-state index contributed by atoms with van der Waals surface area (Å²) in [6.07, 6.45) is 1.81. The van der Waals surface area contributed by atoms with Gasteiger partial charge < -0.3 is 5.32 Å². The molecule has 102 valence electrons. The van der Waals surface area contributed by atoms with Crippen LogP contribution in [-0.4, -0.2) is 23.8 Å². The Bertz CT molecular complexity index is 700. The summed E-state index contributed by atoms with van der Waals surface area (Å²) in [5.41, 5.74) is 1.32. The fourth-order valence-electron chi connectivity index (χ4n) is 2.30. The number of hydrogen-bond donors (Lipinski definition) is 1. The number of benzene rings is 2. The SMILES string of the molecule is CNCCc1nnc(Cc2cccc3ccccc23)s1. The molecule has 0 aliphatic rings. The van der Waals surface area contributed by atoms with Crippen LogP contribution in [0.1, 0.15) is 15.6 Å². The summed E-state index contributed by atoms with van der Waals surface area (Å²) in [4.78, 5) is 0. The fraction of sp³-hybridized carbons (Fsp3) is 0.250. The zero-order valence-corrected chi connectivity index (χ0v) is 12.3. The van der Waals surface area contributed by atoms with Crippen molar-refractivity contribution in [1.82, 2.24) is 15.5 Å². The first-order chi connectivity index (χ1) is 9.86. The van der Waals surface area contributed by atoms with Gasteiger partial charge in [0, 0.05) is 19.4 Å². The minimum atomic E-state index is 0.860. The third-order valence-corrected chi connectivity index (χ3v) is 4.30. The van der Waals surface area contributed by atoms with Gasteiger partial charge in [-0.05, 0) is 23.4 Å². The molecule has 2 aromatic carbocycles. The topological polar surface area (TPSA) is 37.8 Å². The number of fused-ring (bicyclic) bond motifs is 1. The maximum atomic E-state index is 4.31. The van der Waals surface area contributed by atoms with Crippen molar-refractivity contribution in [3.05, 3.63) is 58.0 Å². The van der Waals surface area contributed by atoms with Gasteiger partial charge in [-0.25, -0.2) is 0 Å². The Kier molecular flexibility index (Phi) is 4.04. The minimum absolute atomic E-state index is 0.860. The number of likely N-dealkylation sites (N-methyl/N-ethyl adjacent to an activating group) is 1. The molecule has 0 fully saturated rings. The lowest BCUT2D eigenvalue weighted by Crippen LogP contribution is -2.09. The highest BCUT2D eigenvalue weighted by molar-refractivity contribution is 7.11. The van der Waals surface area contributed by atoms with Gasteiger partial charge in [-0.2, -0.15) is 0 Å². The lowest BCUT2D eigenvalue weighted by molar-refractivity contribution is 0.777. The molecular weight excluding hydrogens is 266 g/mol. The highest BCUT2D eigenvalue weighted by atomic mass is 32.1. The lowest BCUT2D eigenvalue weighted by atomic mass is 10.0. The average Bonchev–Trinajstić information content (AvgIpc) is 2.93. The quantitative estimate of drug-likeness (QED) is 0.782. The Morgan fingerprint density at radius 1 is 1.00 bits per heavy atom. The van der Waals surface area contributed by atoms with E-state index in [1.54, 1.807) is 11.3 Å². The van der Waals surface area contributed by atoms with Crippen LogP contribution in [0.15, 0.2) is 42.5 Å². The molecule has 4 heteroatoms. The lowest BCUT2D eigenvalue weighted by Gasteiger charge is -2.03. The van der Waals surface area contributed by atoms with Crippen molar-refractivity contribution in [2.24, 2.45) is 0 Å². The first-order valence-electron chi connectivity index (χ1n) is 6.79. The van der Waals surface area contributed by atoms with Crippen LogP contribution in [0.2, 0.25) is 0 Å². The minimum Gasteiger partial charge on any atom is -0.319 e. The highest BCUT2D eigenvalue weighted by Gasteiger charge is 2.07. The number of nitrogens with one attached hydrogen (secondary N) is 1. The van der Waals surface area contributed by atoms with Crippen LogP contribution >= 0.6 is 11.3 Å². The van der Waals surface area contributed by atoms with Gasteiger partial charge in [-0.15, -0.1) is 21.5 Å². The molecule has 0 saturated heterocycles. The molecule has 3 nitrogen and oxygen atoms in total. The van der Waals surface area contributed by atoms with Crippen molar-refractivity contribution in [1.29, 1.82) is 0 Å². The maximum Gasteiger partial charge on any atom is 0.121 e. The van der Waals surface area contributed by atoms with Crippen LogP contribution in [0.25, 0.3) is 10.8 Å². The summed E-state index contributed by atoms with van der Waals surface area (Å²) < 4.78 is 0. The molecule has 0 unspecified atom stereocenters. The molecule has 0 atom stereocenters. The standard InChI is InChI=1S/C16H17N3S/c1-17-10-9-15-18-19-16(20-15)11-13-7-4-6-12-5-2-3-8-14(12)13/h2-8,17H,9-11H2,1H3. The van der Waals surface area contributed by atoms with Crippen LogP contribution in [0.4, 0.5) is 0 Å². The Morgan fingerprint density at radius 3 is 2.70 bits per heavy atom. The fourth-order valence-corrected chi connectivity index (χ4v) is 3.17. The highest BCUT2D eigenvalue weighted by Crippen LogP contribution is 2.22. The van der Waals surface area contributed by atoms with Gasteiger partial charge in [-0.3, -0.25) is 0 Å². The molecule has 1 aromatic heterocycles. The second-order valence-electron chi connectivity index (χ2n) is 4.76. The van der Waals surface area contributed by atoms with Crippen LogP contribution in [0.5, 0.6) is 0 Å². The molecule has 0 spiro atoms. The van der Waals surface area contributed by atoms with Gasteiger partial charge in [0.15, 0.2) is 0 Å². The summed E-state index contributed by atoms with van der Waals surface area (Å²) in [6, 6.07) is 14.9. The molecule has 1 N–H and O–H groups in total. The number of nitrogens with zero attached hydrogens (tertiary/aromatic N) is 2. The summed E-state index contributed by atoms with van der Waals surface area (Å²) in [5.74, 6) is 0. The van der Waals surface area contributed by atoms with Crippen LogP contribution in [-0.2, 0) is 12.8 Å². The normalized spacial score (nSPS) is 11.1. The van der Waals surface area contributed by atoms with E-state index in [2.05, 4.69) is 58.0 Å². The number of aromatic nitrogens is 2. The second kappa shape index (κ2) is 6.11. The Balaban J connectivity index is 1.84. The zero-order chi connectivity index (χ0) is 13.8. The molecule has 1 heterocycles. The average molecular weight is 283 g/mol. The predicted octanol–water partition coefficient (Wildman–Crippen LogP) is 3.04. The molecule has 0 aliphatic carbocycles. The van der Waals surface area contributed by atoms with Crippen molar-refractivity contribution in [2.75, 3.05) is 13.6 Å². The third kappa shape index (κ3) is 2.86. The Morgan fingerprint density at radius 2 is 1.80 bits per heavy atom. The Hall–Kier alpha value is -1.78. The van der Waals surface area contributed by atoms with Crippen LogP contribution in [0, 0.1) is 0 Å². The number of rotatable bonds is 5. The summed E-state index contributed by atoms with van der Waals surface area (Å²) >= 11 is 1.71. The van der Waals surface area contributed by atoms with Crippen molar-refractivity contribution in [3.63, 3.8) is 0 Å². The molecule has 0 radical (unpaired) electrons. The third-order valence-electron chi connectivity index (χ3n) is 3.32. The molecule has 20 heavy (non-hydrogen) atoms. The monoisotopic (exact) mass is 283 g/mol. The van der Waals surface area contributed by atoms with Crippen molar-refractivity contribution in [3.8, 4) is 0 Å². The van der Waals surface area contributed by atoms with Gasteiger partial charge in [-0.1, -0.05) is 42.5 Å². The molecule has 0 bridgehead atoms. The zero-order valence-electron chi connectivity index (χ0n) is 11.5. The van der Waals surface area contributed by atoms with Crippen LogP contribution < -0.4 is 5.32 Å². The molecule has 0 saturated carbocycles. The van der Waals surface area contributed by atoms with E-state index in [0.29, 0.717) is 0 Å². The van der Waals surface area contributed by atoms with Crippen molar-refractivity contribution >= 4 is 22.1 Å². The summed E-state index contributed by atoms with van der Waals surface area (Å²) in [5, 5.41) is 16.5. The van der Waals surface area contributed by atoms with Gasteiger partial charge in [0.25, 0.3) is 0 Å².